The number of hydrogen-bond donors (Lipinski definition) is 0. The van der Waals surface area contributed by atoms with Gasteiger partial charge in [0.05, 0.1) is 6.54 Å². The summed E-state index contributed by atoms with van der Waals surface area (Å²) < 4.78 is 11.8. The summed E-state index contributed by atoms with van der Waals surface area (Å²) in [5, 5.41) is 0.634. The molecule has 0 radical (unpaired) electrons. The first-order valence-corrected chi connectivity index (χ1v) is 12.5. The number of amides is 2. The molecule has 3 aliphatic rings. The van der Waals surface area contributed by atoms with Gasteiger partial charge in [0.2, 0.25) is 5.91 Å². The summed E-state index contributed by atoms with van der Waals surface area (Å²) in [6.07, 6.45) is 4.51. The van der Waals surface area contributed by atoms with Crippen molar-refractivity contribution in [1.82, 2.24) is 14.7 Å². The van der Waals surface area contributed by atoms with Crippen LogP contribution >= 0.6 is 11.6 Å². The fourth-order valence-electron chi connectivity index (χ4n) is 4.83. The maximum absolute atomic E-state index is 13.6. The quantitative estimate of drug-likeness (QED) is 0.650. The lowest BCUT2D eigenvalue weighted by molar-refractivity contribution is -0.135. The van der Waals surface area contributed by atoms with E-state index < -0.39 is 17.7 Å². The molecule has 0 N–H and O–H groups in total. The van der Waals surface area contributed by atoms with Gasteiger partial charge < -0.3 is 14.4 Å². The average Bonchev–Trinajstić information content (AvgIpc) is 2.98. The highest BCUT2D eigenvalue weighted by Gasteiger charge is 2.44. The van der Waals surface area contributed by atoms with Gasteiger partial charge in [0.15, 0.2) is 0 Å². The Morgan fingerprint density at radius 1 is 1.00 bits per heavy atom. The van der Waals surface area contributed by atoms with E-state index in [0.717, 1.165) is 26.1 Å². The van der Waals surface area contributed by atoms with Crippen LogP contribution in [0.5, 0.6) is 5.75 Å². The van der Waals surface area contributed by atoms with E-state index in [1.165, 1.54) is 19.3 Å². The van der Waals surface area contributed by atoms with Crippen LogP contribution in [0.4, 0.5) is 4.79 Å². The van der Waals surface area contributed by atoms with Gasteiger partial charge in [-0.25, -0.2) is 4.79 Å². The molecule has 0 spiro atoms. The molecule has 3 fully saturated rings. The summed E-state index contributed by atoms with van der Waals surface area (Å²) >= 11 is 5.98. The van der Waals surface area contributed by atoms with Crippen LogP contribution in [0.15, 0.2) is 24.3 Å². The van der Waals surface area contributed by atoms with Crippen molar-refractivity contribution in [3.63, 3.8) is 0 Å². The van der Waals surface area contributed by atoms with Crippen molar-refractivity contribution in [3.8, 4) is 5.75 Å². The minimum absolute atomic E-state index is 0.00137. The number of hydrogen-bond acceptors (Lipinski definition) is 5. The monoisotopic (exact) mass is 477 g/mol. The lowest BCUT2D eigenvalue weighted by Crippen LogP contribution is -2.50. The van der Waals surface area contributed by atoms with E-state index in [2.05, 4.69) is 4.90 Å². The summed E-state index contributed by atoms with van der Waals surface area (Å²) in [5.74, 6) is 0.672. The standard InChI is InChI=1S/C25H36ClN3O4/c1-25(2,3)33-24(31)29-17-21(32-20-10-8-18(26)9-11-20)16-22(29)23(30)28-13-5-12-27(14-15-28)19-6-4-7-19/h8-11,19,21-22H,4-7,12-17H2,1-3H3/t21?,22-/m0/s1. The normalized spacial score (nSPS) is 24.8. The van der Waals surface area contributed by atoms with Crippen molar-refractivity contribution in [3.05, 3.63) is 29.3 Å². The third-order valence-corrected chi connectivity index (χ3v) is 6.98. The molecule has 2 atom stereocenters. The third kappa shape index (κ3) is 6.12. The van der Waals surface area contributed by atoms with Gasteiger partial charge in [-0.05, 0) is 64.3 Å². The van der Waals surface area contributed by atoms with Crippen LogP contribution in [-0.2, 0) is 9.53 Å². The molecule has 2 aliphatic heterocycles. The maximum atomic E-state index is 13.6. The van der Waals surface area contributed by atoms with E-state index in [-0.39, 0.29) is 12.0 Å². The Morgan fingerprint density at radius 2 is 1.73 bits per heavy atom. The van der Waals surface area contributed by atoms with Gasteiger partial charge in [0.1, 0.15) is 23.5 Å². The molecule has 1 aliphatic carbocycles. The number of nitrogens with zero attached hydrogens (tertiary/aromatic N) is 3. The molecule has 1 aromatic carbocycles. The second-order valence-corrected chi connectivity index (χ2v) is 10.8. The number of likely N-dealkylation sites (tertiary alicyclic amines) is 1. The Hall–Kier alpha value is -1.99. The number of benzene rings is 1. The number of rotatable bonds is 4. The van der Waals surface area contributed by atoms with Crippen LogP contribution < -0.4 is 4.74 Å². The summed E-state index contributed by atoms with van der Waals surface area (Å²) in [6, 6.07) is 7.25. The first kappa shape index (κ1) is 24.1. The van der Waals surface area contributed by atoms with Gasteiger partial charge in [-0.3, -0.25) is 14.6 Å². The van der Waals surface area contributed by atoms with E-state index >= 15 is 0 Å². The lowest BCUT2D eigenvalue weighted by Gasteiger charge is -2.37. The summed E-state index contributed by atoms with van der Waals surface area (Å²) in [6.45, 7) is 9.20. The Balaban J connectivity index is 1.45. The molecule has 4 rings (SSSR count). The van der Waals surface area contributed by atoms with Gasteiger partial charge in [-0.1, -0.05) is 18.0 Å². The molecule has 1 unspecified atom stereocenters. The molecule has 0 aromatic heterocycles. The Bertz CT molecular complexity index is 837. The van der Waals surface area contributed by atoms with Gasteiger partial charge in [-0.15, -0.1) is 0 Å². The number of carbonyl (C=O) groups is 2. The summed E-state index contributed by atoms with van der Waals surface area (Å²) in [4.78, 5) is 32.7. The maximum Gasteiger partial charge on any atom is 0.411 e. The van der Waals surface area contributed by atoms with Crippen molar-refractivity contribution in [2.45, 2.75) is 76.7 Å². The predicted molar refractivity (Wildman–Crippen MR) is 128 cm³/mol. The fourth-order valence-corrected chi connectivity index (χ4v) is 4.96. The topological polar surface area (TPSA) is 62.3 Å². The van der Waals surface area contributed by atoms with Gasteiger partial charge in [-0.2, -0.15) is 0 Å². The van der Waals surface area contributed by atoms with Gasteiger partial charge in [0.25, 0.3) is 0 Å². The number of halogens is 1. The molecular formula is C25H36ClN3O4. The first-order valence-electron chi connectivity index (χ1n) is 12.1. The average molecular weight is 478 g/mol. The van der Waals surface area contributed by atoms with Crippen LogP contribution in [0.1, 0.15) is 52.9 Å². The Kier molecular flexibility index (Phi) is 7.39. The first-order chi connectivity index (χ1) is 15.7. The number of carbonyl (C=O) groups excluding carboxylic acids is 2. The van der Waals surface area contributed by atoms with Crippen LogP contribution in [-0.4, -0.2) is 83.2 Å². The molecule has 2 saturated heterocycles. The molecule has 33 heavy (non-hydrogen) atoms. The molecule has 8 heteroatoms. The molecular weight excluding hydrogens is 442 g/mol. The van der Waals surface area contributed by atoms with Crippen molar-refractivity contribution in [1.29, 1.82) is 0 Å². The van der Waals surface area contributed by atoms with Crippen molar-refractivity contribution >= 4 is 23.6 Å². The zero-order valence-corrected chi connectivity index (χ0v) is 20.7. The molecule has 182 valence electrons. The van der Waals surface area contributed by atoms with Crippen molar-refractivity contribution < 1.29 is 19.1 Å². The zero-order valence-electron chi connectivity index (χ0n) is 20.0. The Morgan fingerprint density at radius 3 is 2.36 bits per heavy atom. The SMILES string of the molecule is CC(C)(C)OC(=O)N1CC(Oc2ccc(Cl)cc2)C[C@H]1C(=O)N1CCCN(C2CCC2)CC1. The van der Waals surface area contributed by atoms with Gasteiger partial charge >= 0.3 is 6.09 Å². The highest BCUT2D eigenvalue weighted by molar-refractivity contribution is 6.30. The summed E-state index contributed by atoms with van der Waals surface area (Å²) in [5.41, 5.74) is -0.633. The Labute approximate surface area is 201 Å². The van der Waals surface area contributed by atoms with Crippen molar-refractivity contribution in [2.24, 2.45) is 0 Å². The van der Waals surface area contributed by atoms with Crippen LogP contribution in [0.3, 0.4) is 0 Å². The van der Waals surface area contributed by atoms with Crippen LogP contribution in [0.25, 0.3) is 0 Å². The van der Waals surface area contributed by atoms with Crippen LogP contribution in [0.2, 0.25) is 5.02 Å². The molecule has 7 nitrogen and oxygen atoms in total. The van der Waals surface area contributed by atoms with E-state index in [4.69, 9.17) is 21.1 Å². The second kappa shape index (κ2) is 10.1. The summed E-state index contributed by atoms with van der Waals surface area (Å²) in [7, 11) is 0. The fraction of sp³-hybridized carbons (Fsp3) is 0.680. The predicted octanol–water partition coefficient (Wildman–Crippen LogP) is 4.18. The molecule has 0 bridgehead atoms. The molecule has 2 heterocycles. The number of ether oxygens (including phenoxy) is 2. The lowest BCUT2D eigenvalue weighted by atomic mass is 9.91. The zero-order chi connectivity index (χ0) is 23.6. The minimum Gasteiger partial charge on any atom is -0.488 e. The highest BCUT2D eigenvalue weighted by atomic mass is 35.5. The second-order valence-electron chi connectivity index (χ2n) is 10.4. The third-order valence-electron chi connectivity index (χ3n) is 6.73. The van der Waals surface area contributed by atoms with Gasteiger partial charge in [0, 0.05) is 43.7 Å². The molecule has 2 amide bonds. The largest absolute Gasteiger partial charge is 0.488 e. The molecule has 1 aromatic rings. The smallest absolute Gasteiger partial charge is 0.411 e. The van der Waals surface area contributed by atoms with E-state index in [1.54, 1.807) is 29.2 Å². The van der Waals surface area contributed by atoms with E-state index in [9.17, 15) is 9.59 Å². The van der Waals surface area contributed by atoms with E-state index in [1.807, 2.05) is 25.7 Å². The van der Waals surface area contributed by atoms with Crippen molar-refractivity contribution in [2.75, 3.05) is 32.7 Å². The minimum atomic E-state index is -0.633. The highest BCUT2D eigenvalue weighted by Crippen LogP contribution is 2.29. The molecule has 1 saturated carbocycles. The van der Waals surface area contributed by atoms with E-state index in [0.29, 0.717) is 36.3 Å². The van der Waals surface area contributed by atoms with Crippen LogP contribution in [0, 0.1) is 0 Å².